The van der Waals surface area contributed by atoms with Gasteiger partial charge in [0, 0.05) is 23.1 Å². The summed E-state index contributed by atoms with van der Waals surface area (Å²) in [4.78, 5) is 38.1. The highest BCUT2D eigenvalue weighted by Gasteiger charge is 2.32. The molecule has 3 atom stereocenters. The molecule has 3 amide bonds. The summed E-state index contributed by atoms with van der Waals surface area (Å²) in [5.74, 6) is -4.32. The first-order valence-corrected chi connectivity index (χ1v) is 7.84. The maximum atomic E-state index is 13.5. The lowest BCUT2D eigenvalue weighted by molar-refractivity contribution is -0.137. The number of fused-ring (bicyclic) bond motifs is 1. The minimum Gasteiger partial charge on any atom is -0.383 e. The van der Waals surface area contributed by atoms with Crippen LogP contribution in [0, 0.1) is 5.92 Å². The van der Waals surface area contributed by atoms with Crippen LogP contribution in [0.15, 0.2) is 24.2 Å². The predicted molar refractivity (Wildman–Crippen MR) is 97.1 cm³/mol. The van der Waals surface area contributed by atoms with Crippen LogP contribution in [0.3, 0.4) is 0 Å². The minimum absolute atomic E-state index is 0.414. The molecule has 0 fully saturated rings. The second-order valence-corrected chi connectivity index (χ2v) is 6.06. The van der Waals surface area contributed by atoms with Crippen LogP contribution in [0.2, 0.25) is 0 Å². The Morgan fingerprint density at radius 1 is 1.35 bits per heavy atom. The number of hydrogen-bond acceptors (Lipinski definition) is 4. The molecule has 1 heterocycles. The van der Waals surface area contributed by atoms with Crippen LogP contribution in [-0.2, 0) is 20.8 Å². The van der Waals surface area contributed by atoms with E-state index in [-0.39, 0.29) is 0 Å². The second kappa shape index (κ2) is 8.31. The highest BCUT2D eigenvalue weighted by molar-refractivity contribution is 5.93. The predicted octanol–water partition coefficient (Wildman–Crippen LogP) is 0.380. The third-order valence-corrected chi connectivity index (χ3v) is 3.70. The van der Waals surface area contributed by atoms with Crippen molar-refractivity contribution < 1.29 is 34.6 Å². The number of carbonyl (C=O) groups excluding carboxylic acids is 3. The SMILES string of the molecule is [2H]c1c([2H])c([2H])c2c(c1[2H])[C@H](NC(=O)[C@H](C)NC(=O)[C@@H](O)C(C)C)C(=O)N(C([2H])([2H])[2H])C([2H])([2H])C2([2H])[2H]. The largest absolute Gasteiger partial charge is 0.383 e. The lowest BCUT2D eigenvalue weighted by Gasteiger charge is -2.24. The average molecular weight is 373 g/mol. The summed E-state index contributed by atoms with van der Waals surface area (Å²) in [6, 6.07) is -7.68. The van der Waals surface area contributed by atoms with Crippen molar-refractivity contribution in [2.45, 2.75) is 45.3 Å². The standard InChI is InChI=1S/C19H27N3O4/c1-11(2)16(23)18(25)20-12(3)17(24)21-15-14-8-6-5-7-13(14)9-10-22(4)19(15)26/h5-8,11-12,15-16,23H,9-10H2,1-4H3,(H,20,25)(H,21,24)/t12-,15-,16-/m0/s1/i4D3,5D,6D,7D,8D,9D2,10D2. The Labute approximate surface area is 169 Å². The zero-order valence-corrected chi connectivity index (χ0v) is 14.4. The third kappa shape index (κ3) is 4.40. The number of nitrogens with zero attached hydrogens (tertiary/aromatic N) is 1. The lowest BCUT2D eigenvalue weighted by Crippen LogP contribution is -2.51. The Morgan fingerprint density at radius 2 is 2.04 bits per heavy atom. The Morgan fingerprint density at radius 3 is 2.69 bits per heavy atom. The molecule has 3 N–H and O–H groups in total. The van der Waals surface area contributed by atoms with Gasteiger partial charge in [0.05, 0.1) is 5.48 Å². The molecule has 26 heavy (non-hydrogen) atoms. The van der Waals surface area contributed by atoms with E-state index in [2.05, 4.69) is 10.6 Å². The number of carbonyl (C=O) groups is 3. The smallest absolute Gasteiger partial charge is 0.249 e. The van der Waals surface area contributed by atoms with Gasteiger partial charge in [-0.3, -0.25) is 14.4 Å². The summed E-state index contributed by atoms with van der Waals surface area (Å²) in [6.45, 7) is -3.03. The molecule has 7 heteroatoms. The summed E-state index contributed by atoms with van der Waals surface area (Å²) in [5.41, 5.74) is -1.90. The van der Waals surface area contributed by atoms with Gasteiger partial charge in [-0.05, 0) is 30.3 Å². The first kappa shape index (κ1) is 9.50. The Balaban J connectivity index is 2.76. The van der Waals surface area contributed by atoms with E-state index in [0.717, 1.165) is 6.92 Å². The second-order valence-electron chi connectivity index (χ2n) is 6.06. The third-order valence-electron chi connectivity index (χ3n) is 3.70. The number of likely N-dealkylation sites (N-methyl/N-ethyl adjacent to an activating group) is 1. The van der Waals surface area contributed by atoms with Crippen molar-refractivity contribution in [3.8, 4) is 0 Å². The van der Waals surface area contributed by atoms with E-state index in [1.807, 2.05) is 0 Å². The Bertz CT molecular complexity index is 1120. The number of hydrogen-bond donors (Lipinski definition) is 3. The van der Waals surface area contributed by atoms with E-state index >= 15 is 0 Å². The van der Waals surface area contributed by atoms with Crippen molar-refractivity contribution in [1.29, 1.82) is 0 Å². The van der Waals surface area contributed by atoms with Crippen molar-refractivity contribution in [1.82, 2.24) is 15.5 Å². The molecule has 142 valence electrons. The van der Waals surface area contributed by atoms with Crippen molar-refractivity contribution >= 4 is 17.7 Å². The van der Waals surface area contributed by atoms with Crippen molar-refractivity contribution in [3.63, 3.8) is 0 Å². The van der Waals surface area contributed by atoms with E-state index < -0.39 is 102 Å². The first-order chi connectivity index (χ1) is 16.6. The van der Waals surface area contributed by atoms with Gasteiger partial charge in [0.25, 0.3) is 0 Å². The van der Waals surface area contributed by atoms with Gasteiger partial charge in [0.2, 0.25) is 17.7 Å². The molecule has 0 aliphatic carbocycles. The van der Waals surface area contributed by atoms with Gasteiger partial charge >= 0.3 is 0 Å². The van der Waals surface area contributed by atoms with E-state index in [0.29, 0.717) is 0 Å². The molecule has 2 rings (SSSR count). The molecule has 0 radical (unpaired) electrons. The highest BCUT2D eigenvalue weighted by Crippen LogP contribution is 2.24. The number of benzene rings is 1. The van der Waals surface area contributed by atoms with Gasteiger partial charge in [-0.25, -0.2) is 0 Å². The normalized spacial score (nSPS) is 29.9. The number of aliphatic hydroxyl groups excluding tert-OH is 1. The van der Waals surface area contributed by atoms with Gasteiger partial charge in [0.1, 0.15) is 18.2 Å². The first-order valence-electron chi connectivity index (χ1n) is 13.3. The maximum Gasteiger partial charge on any atom is 0.249 e. The lowest BCUT2D eigenvalue weighted by atomic mass is 9.99. The molecule has 7 nitrogen and oxygen atoms in total. The van der Waals surface area contributed by atoms with Gasteiger partial charge < -0.3 is 20.6 Å². The molecule has 1 aliphatic rings. The molecular weight excluding hydrogens is 334 g/mol. The number of rotatable bonds is 5. The molecule has 0 spiro atoms. The number of aliphatic hydroxyl groups is 1. The van der Waals surface area contributed by atoms with Crippen LogP contribution in [0.1, 0.15) is 53.0 Å². The topological polar surface area (TPSA) is 98.7 Å². The molecule has 0 bridgehead atoms. The van der Waals surface area contributed by atoms with Crippen LogP contribution in [0.4, 0.5) is 0 Å². The van der Waals surface area contributed by atoms with E-state index in [1.54, 1.807) is 0 Å². The molecule has 1 aromatic carbocycles. The van der Waals surface area contributed by atoms with Gasteiger partial charge in [0.15, 0.2) is 0 Å². The van der Waals surface area contributed by atoms with Gasteiger partial charge in [-0.15, -0.1) is 0 Å². The molecule has 0 saturated carbocycles. The molecule has 0 aromatic heterocycles. The van der Waals surface area contributed by atoms with Gasteiger partial charge in [-0.2, -0.15) is 0 Å². The summed E-state index contributed by atoms with van der Waals surface area (Å²) >= 11 is 0. The molecule has 0 saturated heterocycles. The number of nitrogens with one attached hydrogen (secondary N) is 2. The van der Waals surface area contributed by atoms with E-state index in [9.17, 15) is 19.5 Å². The van der Waals surface area contributed by atoms with Gasteiger partial charge in [-0.1, -0.05) is 38.0 Å². The maximum absolute atomic E-state index is 13.5. The van der Waals surface area contributed by atoms with Crippen molar-refractivity contribution in [2.24, 2.45) is 5.92 Å². The minimum atomic E-state index is -3.66. The van der Waals surface area contributed by atoms with Crippen LogP contribution >= 0.6 is 0 Å². The summed E-state index contributed by atoms with van der Waals surface area (Å²) in [7, 11) is 0. The molecule has 1 aliphatic heterocycles. The van der Waals surface area contributed by atoms with Crippen LogP contribution < -0.4 is 10.6 Å². The average Bonchev–Trinajstić information content (AvgIpc) is 2.80. The monoisotopic (exact) mass is 372 g/mol. The quantitative estimate of drug-likeness (QED) is 0.696. The fourth-order valence-electron chi connectivity index (χ4n) is 2.12. The summed E-state index contributed by atoms with van der Waals surface area (Å²) < 4.78 is 88.7. The molecular formula is C19H27N3O4. The fourth-order valence-corrected chi connectivity index (χ4v) is 2.12. The summed E-state index contributed by atoms with van der Waals surface area (Å²) in [6.07, 6.45) is -4.98. The van der Waals surface area contributed by atoms with Crippen LogP contribution in [-0.4, -0.2) is 53.3 Å². The zero-order chi connectivity index (χ0) is 29.0. The highest BCUT2D eigenvalue weighted by atomic mass is 16.3. The van der Waals surface area contributed by atoms with Crippen LogP contribution in [0.25, 0.3) is 0 Å². The van der Waals surface area contributed by atoms with E-state index in [4.69, 9.17) is 15.1 Å². The van der Waals surface area contributed by atoms with E-state index in [1.165, 1.54) is 13.8 Å². The Hall–Kier alpha value is -2.41. The molecule has 1 aromatic rings. The number of amides is 3. The fraction of sp³-hybridized carbons (Fsp3) is 0.526. The van der Waals surface area contributed by atoms with Crippen molar-refractivity contribution in [2.75, 3.05) is 13.5 Å². The zero-order valence-electron chi connectivity index (χ0n) is 25.4. The molecule has 0 unspecified atom stereocenters. The Kier molecular flexibility index (Phi) is 3.04. The summed E-state index contributed by atoms with van der Waals surface area (Å²) in [5, 5.41) is 14.1. The van der Waals surface area contributed by atoms with Crippen molar-refractivity contribution in [3.05, 3.63) is 35.3 Å². The van der Waals surface area contributed by atoms with Crippen LogP contribution in [0.5, 0.6) is 0 Å².